The van der Waals surface area contributed by atoms with E-state index < -0.39 is 68.8 Å². The van der Waals surface area contributed by atoms with Crippen LogP contribution in [-0.4, -0.2) is 71.6 Å². The maximum atomic E-state index is 13.3. The lowest BCUT2D eigenvalue weighted by Crippen LogP contribution is -2.74. The Morgan fingerprint density at radius 3 is 1.00 bits per heavy atom. The van der Waals surface area contributed by atoms with Gasteiger partial charge in [0, 0.05) is 0 Å². The van der Waals surface area contributed by atoms with Crippen molar-refractivity contribution in [1.82, 2.24) is 0 Å². The number of rotatable bonds is 9. The van der Waals surface area contributed by atoms with Gasteiger partial charge in [0.2, 0.25) is 0 Å². The maximum Gasteiger partial charge on any atom is 0.460 e. The highest BCUT2D eigenvalue weighted by atomic mass is 32.2. The summed E-state index contributed by atoms with van der Waals surface area (Å²) in [6, 6.07) is 0. The Morgan fingerprint density at radius 2 is 0.735 bits per heavy atom. The molecule has 0 aromatic carbocycles. The van der Waals surface area contributed by atoms with E-state index in [9.17, 15) is 96.6 Å². The summed E-state index contributed by atoms with van der Waals surface area (Å²) < 4.78 is 272. The second-order valence-electron chi connectivity index (χ2n) is 5.84. The van der Waals surface area contributed by atoms with Gasteiger partial charge in [-0.05, 0) is 0 Å². The van der Waals surface area contributed by atoms with Crippen LogP contribution in [0.1, 0.15) is 0 Å². The third-order valence-corrected chi connectivity index (χ3v) is 4.49. The van der Waals surface area contributed by atoms with Gasteiger partial charge in [0.25, 0.3) is 5.78 Å². The summed E-state index contributed by atoms with van der Waals surface area (Å²) in [6.45, 7) is 0. The minimum Gasteiger partial charge on any atom is -0.286 e. The molecule has 0 rings (SSSR count). The van der Waals surface area contributed by atoms with Crippen molar-refractivity contribution in [2.75, 3.05) is 0 Å². The van der Waals surface area contributed by atoms with Crippen molar-refractivity contribution in [3.63, 3.8) is 0 Å². The summed E-state index contributed by atoms with van der Waals surface area (Å²) in [6.07, 6.45) is -7.80. The summed E-state index contributed by atoms with van der Waals surface area (Å²) in [5, 5.41) is -7.95. The Bertz CT molecular complexity index is 914. The number of hydrogen-bond acceptors (Lipinski definition) is 3. The molecule has 24 heteroatoms. The van der Waals surface area contributed by atoms with E-state index in [-0.39, 0.29) is 0 Å². The van der Waals surface area contributed by atoms with Crippen LogP contribution in [0.4, 0.5) is 83.4 Å². The summed E-state index contributed by atoms with van der Waals surface area (Å²) in [5.41, 5.74) is 0. The third-order valence-electron chi connectivity index (χ3n) is 3.59. The average molecular weight is 578 g/mol. The van der Waals surface area contributed by atoms with Gasteiger partial charge < -0.3 is 0 Å². The highest BCUT2D eigenvalue weighted by molar-refractivity contribution is 7.87. The number of hydrogen-bond donors (Lipinski definition) is 1. The molecule has 0 unspecified atom stereocenters. The molecule has 0 radical (unpaired) electrons. The molecule has 0 saturated heterocycles. The second-order valence-corrected chi connectivity index (χ2v) is 7.30. The van der Waals surface area contributed by atoms with Gasteiger partial charge in [0.15, 0.2) is 0 Å². The van der Waals surface area contributed by atoms with Gasteiger partial charge in [0.1, 0.15) is 0 Å². The quantitative estimate of drug-likeness (QED) is 0.308. The molecule has 0 saturated carbocycles. The molecular weight excluding hydrogens is 577 g/mol. The Labute approximate surface area is 171 Å². The number of Topliss-reactive ketones (excluding diaryl/α,β-unsaturated/α-hetero) is 1. The monoisotopic (exact) mass is 578 g/mol. The molecule has 0 aliphatic carbocycles. The summed E-state index contributed by atoms with van der Waals surface area (Å²) >= 11 is 0. The van der Waals surface area contributed by atoms with Crippen LogP contribution < -0.4 is 0 Å². The van der Waals surface area contributed by atoms with Crippen molar-refractivity contribution >= 4 is 15.9 Å². The molecule has 34 heavy (non-hydrogen) atoms. The fourth-order valence-corrected chi connectivity index (χ4v) is 2.05. The van der Waals surface area contributed by atoms with E-state index in [4.69, 9.17) is 4.55 Å². The Morgan fingerprint density at radius 1 is 0.471 bits per heavy atom. The van der Waals surface area contributed by atoms with E-state index in [0.29, 0.717) is 0 Å². The number of carbonyl (C=O) groups is 1. The topological polar surface area (TPSA) is 71.4 Å². The standard InChI is InChI=1S/C10HF19O4S/c11-2(12,1(30)3(13,14)5(17,18)9(25,26)27)4(15,16)6(19,20)7(21,22)8(23,24)10(28,29)34(31,32)33/h(H,31,32,33). The predicted molar refractivity (Wildman–Crippen MR) is 62.2 cm³/mol. The zero-order valence-corrected chi connectivity index (χ0v) is 15.1. The van der Waals surface area contributed by atoms with Crippen molar-refractivity contribution in [2.24, 2.45) is 0 Å². The summed E-state index contributed by atoms with van der Waals surface area (Å²) in [7, 11) is -8.00. The van der Waals surface area contributed by atoms with E-state index in [1.165, 1.54) is 0 Å². The molecule has 0 amide bonds. The highest BCUT2D eigenvalue weighted by Crippen LogP contribution is 2.62. The zero-order chi connectivity index (χ0) is 28.6. The molecular formula is C10HF19O4S. The van der Waals surface area contributed by atoms with Crippen LogP contribution in [0.2, 0.25) is 0 Å². The first-order chi connectivity index (χ1) is 14.2. The van der Waals surface area contributed by atoms with Crippen LogP contribution in [0.5, 0.6) is 0 Å². The van der Waals surface area contributed by atoms with Crippen LogP contribution in [0.25, 0.3) is 0 Å². The van der Waals surface area contributed by atoms with E-state index >= 15 is 0 Å². The Hall–Kier alpha value is -1.75. The van der Waals surface area contributed by atoms with E-state index in [1.54, 1.807) is 0 Å². The minimum atomic E-state index is -9.01. The second kappa shape index (κ2) is 7.62. The fourth-order valence-electron chi connectivity index (χ4n) is 1.60. The van der Waals surface area contributed by atoms with E-state index in [2.05, 4.69) is 0 Å². The van der Waals surface area contributed by atoms with Crippen LogP contribution in [0.3, 0.4) is 0 Å². The first-order valence-electron chi connectivity index (χ1n) is 6.76. The molecule has 0 aliphatic rings. The molecule has 0 fully saturated rings. The highest BCUT2D eigenvalue weighted by Gasteiger charge is 2.94. The SMILES string of the molecule is O=C(C(F)(F)C(F)(F)C(F)(F)F)C(F)(F)C(F)(F)C(F)(F)C(F)(F)C(F)(F)C(F)(F)S(=O)(=O)O. The lowest BCUT2D eigenvalue weighted by molar-refractivity contribution is -0.414. The van der Waals surface area contributed by atoms with Crippen molar-refractivity contribution in [1.29, 1.82) is 0 Å². The van der Waals surface area contributed by atoms with Gasteiger partial charge in [-0.1, -0.05) is 0 Å². The molecule has 0 bridgehead atoms. The zero-order valence-electron chi connectivity index (χ0n) is 14.3. The normalized spacial score (nSPS) is 16.6. The van der Waals surface area contributed by atoms with Crippen LogP contribution in [0, 0.1) is 0 Å². The molecule has 204 valence electrons. The summed E-state index contributed by atoms with van der Waals surface area (Å²) in [5.74, 6) is -66.3. The molecule has 0 aromatic rings. The Kier molecular flexibility index (Phi) is 7.23. The van der Waals surface area contributed by atoms with Crippen LogP contribution in [0.15, 0.2) is 0 Å². The van der Waals surface area contributed by atoms with Gasteiger partial charge in [-0.3, -0.25) is 9.35 Å². The first kappa shape index (κ1) is 32.2. The van der Waals surface area contributed by atoms with Gasteiger partial charge >= 0.3 is 63.0 Å². The summed E-state index contributed by atoms with van der Waals surface area (Å²) in [4.78, 5) is 10.6. The van der Waals surface area contributed by atoms with Gasteiger partial charge in [-0.2, -0.15) is 91.8 Å². The average Bonchev–Trinajstić information content (AvgIpc) is 2.57. The first-order valence-corrected chi connectivity index (χ1v) is 8.20. The molecule has 0 atom stereocenters. The lowest BCUT2D eigenvalue weighted by Gasteiger charge is -2.40. The fraction of sp³-hybridized carbons (Fsp3) is 0.900. The smallest absolute Gasteiger partial charge is 0.286 e. The molecule has 0 spiro atoms. The van der Waals surface area contributed by atoms with Gasteiger partial charge in [0.05, 0.1) is 0 Å². The number of carbonyl (C=O) groups excluding carboxylic acids is 1. The van der Waals surface area contributed by atoms with Crippen LogP contribution in [-0.2, 0) is 14.9 Å². The molecule has 1 N–H and O–H groups in total. The van der Waals surface area contributed by atoms with Crippen molar-refractivity contribution in [2.45, 2.75) is 52.9 Å². The number of halogens is 19. The van der Waals surface area contributed by atoms with E-state index in [0.717, 1.165) is 0 Å². The minimum absolute atomic E-state index is 5.92. The van der Waals surface area contributed by atoms with Crippen molar-refractivity contribution < 1.29 is 101 Å². The molecule has 0 heterocycles. The Balaban J connectivity index is 7.00. The van der Waals surface area contributed by atoms with Gasteiger partial charge in [-0.25, -0.2) is 0 Å². The van der Waals surface area contributed by atoms with E-state index in [1.807, 2.05) is 0 Å². The maximum absolute atomic E-state index is 13.3. The third kappa shape index (κ3) is 3.83. The van der Waals surface area contributed by atoms with Crippen LogP contribution >= 0.6 is 0 Å². The van der Waals surface area contributed by atoms with Crippen molar-refractivity contribution in [3.8, 4) is 0 Å². The molecule has 0 aromatic heterocycles. The molecule has 4 nitrogen and oxygen atoms in total. The lowest BCUT2D eigenvalue weighted by atomic mass is 9.89. The van der Waals surface area contributed by atoms with Crippen molar-refractivity contribution in [3.05, 3.63) is 0 Å². The largest absolute Gasteiger partial charge is 0.460 e. The molecule has 0 aliphatic heterocycles. The number of alkyl halides is 19. The number of ketones is 1. The predicted octanol–water partition coefficient (Wildman–Crippen LogP) is 5.05. The van der Waals surface area contributed by atoms with Gasteiger partial charge in [-0.15, -0.1) is 0 Å².